The molecular formula is C14H15N3O3. The molecule has 6 nitrogen and oxygen atoms in total. The molecule has 0 radical (unpaired) electrons. The lowest BCUT2D eigenvalue weighted by Crippen LogP contribution is -2.30. The van der Waals surface area contributed by atoms with Crippen molar-refractivity contribution in [2.24, 2.45) is 0 Å². The number of aromatic nitrogens is 2. The zero-order valence-electron chi connectivity index (χ0n) is 11.1. The van der Waals surface area contributed by atoms with Gasteiger partial charge in [-0.1, -0.05) is 30.3 Å². The number of carbonyl (C=O) groups is 2. The predicted octanol–water partition coefficient (Wildman–Crippen LogP) is 1.37. The summed E-state index contributed by atoms with van der Waals surface area (Å²) in [5, 5.41) is 9.17. The third-order valence-corrected chi connectivity index (χ3v) is 2.59. The Morgan fingerprint density at radius 2 is 2.05 bits per heavy atom. The maximum Gasteiger partial charge on any atom is 0.325 e. The van der Waals surface area contributed by atoms with Crippen molar-refractivity contribution in [3.63, 3.8) is 0 Å². The number of rotatable bonds is 5. The fourth-order valence-corrected chi connectivity index (χ4v) is 1.66. The molecular weight excluding hydrogens is 258 g/mol. The molecule has 20 heavy (non-hydrogen) atoms. The number of hydrogen-bond donors (Lipinski definition) is 2. The van der Waals surface area contributed by atoms with Crippen LogP contribution >= 0.6 is 0 Å². The maximum absolute atomic E-state index is 11.8. The summed E-state index contributed by atoms with van der Waals surface area (Å²) in [6, 6.07) is 11.2. The number of aromatic amines is 1. The molecule has 0 aliphatic heterocycles. The summed E-state index contributed by atoms with van der Waals surface area (Å²) in [4.78, 5) is 22.9. The monoisotopic (exact) mass is 273 g/mol. The van der Waals surface area contributed by atoms with E-state index in [1.165, 1.54) is 0 Å². The summed E-state index contributed by atoms with van der Waals surface area (Å²) < 4.78 is 4.72. The summed E-state index contributed by atoms with van der Waals surface area (Å²) in [6.45, 7) is 1.83. The second-order valence-electron chi connectivity index (χ2n) is 4.02. The van der Waals surface area contributed by atoms with Crippen LogP contribution < -0.4 is 5.32 Å². The van der Waals surface area contributed by atoms with Gasteiger partial charge in [0, 0.05) is 0 Å². The van der Waals surface area contributed by atoms with Crippen molar-refractivity contribution < 1.29 is 14.3 Å². The Bertz CT molecular complexity index is 593. The quantitative estimate of drug-likeness (QED) is 0.806. The minimum absolute atomic E-state index is 0.166. The topological polar surface area (TPSA) is 84.1 Å². The minimum Gasteiger partial charge on any atom is -0.465 e. The summed E-state index contributed by atoms with van der Waals surface area (Å²) in [5.41, 5.74) is 1.91. The van der Waals surface area contributed by atoms with Gasteiger partial charge in [-0.25, -0.2) is 0 Å². The number of nitrogens with one attached hydrogen (secondary N) is 2. The molecule has 0 bridgehead atoms. The first-order valence-electron chi connectivity index (χ1n) is 6.25. The van der Waals surface area contributed by atoms with Crippen LogP contribution in [0, 0.1) is 0 Å². The molecule has 1 aromatic carbocycles. The molecule has 0 spiro atoms. The molecule has 0 aliphatic carbocycles. The van der Waals surface area contributed by atoms with Crippen LogP contribution in [0.2, 0.25) is 0 Å². The largest absolute Gasteiger partial charge is 0.465 e. The first kappa shape index (κ1) is 13.8. The van der Waals surface area contributed by atoms with Crippen molar-refractivity contribution in [3.8, 4) is 11.3 Å². The lowest BCUT2D eigenvalue weighted by Gasteiger charge is -2.02. The Labute approximate surface area is 116 Å². The standard InChI is InChI=1S/C14H15N3O3/c1-2-20-13(18)9-15-14(19)12-8-11(16-17-12)10-6-4-3-5-7-10/h3-8H,2,9H2,1H3,(H,15,19)(H,16,17). The van der Waals surface area contributed by atoms with Crippen molar-refractivity contribution >= 4 is 11.9 Å². The molecule has 0 fully saturated rings. The van der Waals surface area contributed by atoms with Gasteiger partial charge in [-0.05, 0) is 18.6 Å². The van der Waals surface area contributed by atoms with E-state index in [1.54, 1.807) is 13.0 Å². The van der Waals surface area contributed by atoms with E-state index in [9.17, 15) is 9.59 Å². The highest BCUT2D eigenvalue weighted by Gasteiger charge is 2.12. The molecule has 6 heteroatoms. The van der Waals surface area contributed by atoms with Gasteiger partial charge in [-0.3, -0.25) is 14.7 Å². The minimum atomic E-state index is -0.473. The molecule has 2 rings (SSSR count). The van der Waals surface area contributed by atoms with Crippen molar-refractivity contribution in [3.05, 3.63) is 42.1 Å². The lowest BCUT2D eigenvalue weighted by atomic mass is 10.1. The van der Waals surface area contributed by atoms with Gasteiger partial charge < -0.3 is 10.1 Å². The average Bonchev–Trinajstić information content (AvgIpc) is 2.96. The number of H-pyrrole nitrogens is 1. The number of amides is 1. The Morgan fingerprint density at radius 1 is 1.30 bits per heavy atom. The number of nitrogens with zero attached hydrogens (tertiary/aromatic N) is 1. The molecule has 0 saturated carbocycles. The van der Waals surface area contributed by atoms with E-state index in [2.05, 4.69) is 15.5 Å². The van der Waals surface area contributed by atoms with E-state index in [-0.39, 0.29) is 18.8 Å². The smallest absolute Gasteiger partial charge is 0.325 e. The summed E-state index contributed by atoms with van der Waals surface area (Å²) in [6.07, 6.45) is 0. The Morgan fingerprint density at radius 3 is 2.75 bits per heavy atom. The van der Waals surface area contributed by atoms with E-state index in [1.807, 2.05) is 30.3 Å². The van der Waals surface area contributed by atoms with E-state index in [0.29, 0.717) is 0 Å². The molecule has 0 saturated heterocycles. The van der Waals surface area contributed by atoms with Crippen LogP contribution in [-0.2, 0) is 9.53 Å². The van der Waals surface area contributed by atoms with E-state index in [0.717, 1.165) is 11.3 Å². The SMILES string of the molecule is CCOC(=O)CNC(=O)c1cc(-c2ccccc2)[nH]n1. The first-order chi connectivity index (χ1) is 9.70. The number of esters is 1. The maximum atomic E-state index is 11.8. The van der Waals surface area contributed by atoms with Crippen molar-refractivity contribution in [1.82, 2.24) is 15.5 Å². The zero-order chi connectivity index (χ0) is 14.4. The molecule has 0 atom stereocenters. The fraction of sp³-hybridized carbons (Fsp3) is 0.214. The molecule has 104 valence electrons. The van der Waals surface area contributed by atoms with E-state index < -0.39 is 11.9 Å². The Hall–Kier alpha value is -2.63. The third-order valence-electron chi connectivity index (χ3n) is 2.59. The zero-order valence-corrected chi connectivity index (χ0v) is 11.1. The predicted molar refractivity (Wildman–Crippen MR) is 73.0 cm³/mol. The van der Waals surface area contributed by atoms with Crippen molar-refractivity contribution in [2.45, 2.75) is 6.92 Å². The second-order valence-corrected chi connectivity index (χ2v) is 4.02. The van der Waals surface area contributed by atoms with Crippen molar-refractivity contribution in [1.29, 1.82) is 0 Å². The Kier molecular flexibility index (Phi) is 4.49. The highest BCUT2D eigenvalue weighted by Crippen LogP contribution is 2.16. The van der Waals surface area contributed by atoms with E-state index >= 15 is 0 Å². The van der Waals surface area contributed by atoms with Gasteiger partial charge in [0.05, 0.1) is 12.3 Å². The molecule has 1 amide bonds. The van der Waals surface area contributed by atoms with Crippen LogP contribution in [0.25, 0.3) is 11.3 Å². The molecule has 1 aromatic heterocycles. The van der Waals surface area contributed by atoms with Crippen LogP contribution in [0.1, 0.15) is 17.4 Å². The third kappa shape index (κ3) is 3.44. The first-order valence-corrected chi connectivity index (χ1v) is 6.25. The molecule has 1 heterocycles. The second kappa shape index (κ2) is 6.51. The summed E-state index contributed by atoms with van der Waals surface area (Å²) in [5.74, 6) is -0.892. The number of hydrogen-bond acceptors (Lipinski definition) is 4. The van der Waals surface area contributed by atoms with Crippen LogP contribution in [0.5, 0.6) is 0 Å². The average molecular weight is 273 g/mol. The van der Waals surface area contributed by atoms with Gasteiger partial charge in [0.2, 0.25) is 0 Å². The van der Waals surface area contributed by atoms with Gasteiger partial charge in [0.1, 0.15) is 6.54 Å². The lowest BCUT2D eigenvalue weighted by molar-refractivity contribution is -0.141. The normalized spacial score (nSPS) is 10.1. The highest BCUT2D eigenvalue weighted by atomic mass is 16.5. The van der Waals surface area contributed by atoms with Gasteiger partial charge in [-0.15, -0.1) is 0 Å². The molecule has 0 unspecified atom stereocenters. The summed E-state index contributed by atoms with van der Waals surface area (Å²) in [7, 11) is 0. The van der Waals surface area contributed by atoms with Crippen LogP contribution in [0.15, 0.2) is 36.4 Å². The number of carbonyl (C=O) groups excluding carboxylic acids is 2. The fourth-order valence-electron chi connectivity index (χ4n) is 1.66. The van der Waals surface area contributed by atoms with Crippen LogP contribution in [0.4, 0.5) is 0 Å². The molecule has 2 aromatic rings. The molecule has 0 aliphatic rings. The Balaban J connectivity index is 1.98. The van der Waals surface area contributed by atoms with Gasteiger partial charge in [-0.2, -0.15) is 5.10 Å². The van der Waals surface area contributed by atoms with Crippen molar-refractivity contribution in [2.75, 3.05) is 13.2 Å². The van der Waals surface area contributed by atoms with Gasteiger partial charge >= 0.3 is 5.97 Å². The number of benzene rings is 1. The summed E-state index contributed by atoms with van der Waals surface area (Å²) >= 11 is 0. The molecule has 2 N–H and O–H groups in total. The van der Waals surface area contributed by atoms with Gasteiger partial charge in [0.15, 0.2) is 5.69 Å². The van der Waals surface area contributed by atoms with Crippen LogP contribution in [-0.4, -0.2) is 35.2 Å². The van der Waals surface area contributed by atoms with Gasteiger partial charge in [0.25, 0.3) is 5.91 Å². The van der Waals surface area contributed by atoms with E-state index in [4.69, 9.17) is 4.74 Å². The van der Waals surface area contributed by atoms with Crippen LogP contribution in [0.3, 0.4) is 0 Å². The number of ether oxygens (including phenoxy) is 1. The highest BCUT2D eigenvalue weighted by molar-refractivity contribution is 5.95.